The molecule has 0 amide bonds. The molecule has 2 aromatic heterocycles. The van der Waals surface area contributed by atoms with Crippen LogP contribution in [0.2, 0.25) is 0 Å². The van der Waals surface area contributed by atoms with Crippen LogP contribution >= 0.6 is 0 Å². The third kappa shape index (κ3) is 1.96. The Bertz CT molecular complexity index is 499. The number of nitrogens with zero attached hydrogens (tertiary/aromatic N) is 3. The zero-order chi connectivity index (χ0) is 11.0. The molecule has 3 rings (SSSR count). The average Bonchev–Trinajstić information content (AvgIpc) is 3.01. The summed E-state index contributed by atoms with van der Waals surface area (Å²) >= 11 is 0. The number of aromatic amines is 1. The summed E-state index contributed by atoms with van der Waals surface area (Å²) in [6.45, 7) is 1.91. The lowest BCUT2D eigenvalue weighted by atomic mass is 10.2. The van der Waals surface area contributed by atoms with Gasteiger partial charge >= 0.3 is 0 Å². The second-order valence-corrected chi connectivity index (χ2v) is 4.36. The fourth-order valence-electron chi connectivity index (χ4n) is 1.86. The lowest BCUT2D eigenvalue weighted by molar-refractivity contribution is 0.913. The molecule has 0 aliphatic heterocycles. The Hall–Kier alpha value is -1.71. The summed E-state index contributed by atoms with van der Waals surface area (Å²) in [5.41, 5.74) is 3.39. The quantitative estimate of drug-likeness (QED) is 0.850. The molecule has 4 nitrogen and oxygen atoms in total. The molecule has 1 N–H and O–H groups in total. The first-order valence-corrected chi connectivity index (χ1v) is 5.64. The molecule has 1 fully saturated rings. The van der Waals surface area contributed by atoms with Crippen molar-refractivity contribution in [3.8, 4) is 0 Å². The molecule has 0 unspecified atom stereocenters. The van der Waals surface area contributed by atoms with Crippen molar-refractivity contribution in [3.63, 3.8) is 0 Å². The molecule has 2 heterocycles. The van der Waals surface area contributed by atoms with Gasteiger partial charge < -0.3 is 0 Å². The molecular weight excluding hydrogens is 200 g/mol. The van der Waals surface area contributed by atoms with Crippen molar-refractivity contribution < 1.29 is 0 Å². The summed E-state index contributed by atoms with van der Waals surface area (Å²) in [6.07, 6.45) is 5.19. The van der Waals surface area contributed by atoms with Crippen molar-refractivity contribution in [3.05, 3.63) is 41.2 Å². The molecule has 0 radical (unpaired) electrons. The summed E-state index contributed by atoms with van der Waals surface area (Å²) in [4.78, 5) is 8.47. The number of rotatable bonds is 3. The Morgan fingerprint density at radius 3 is 3.06 bits per heavy atom. The summed E-state index contributed by atoms with van der Waals surface area (Å²) in [5.74, 6) is 1.52. The lowest BCUT2D eigenvalue weighted by Gasteiger charge is -1.98. The zero-order valence-corrected chi connectivity index (χ0v) is 9.27. The van der Waals surface area contributed by atoms with E-state index in [1.54, 1.807) is 6.20 Å². The number of hydrogen-bond donors (Lipinski definition) is 1. The van der Waals surface area contributed by atoms with Crippen LogP contribution in [0.3, 0.4) is 0 Å². The predicted molar refractivity (Wildman–Crippen MR) is 60.1 cm³/mol. The highest BCUT2D eigenvalue weighted by atomic mass is 15.1. The van der Waals surface area contributed by atoms with Crippen LogP contribution in [0, 0.1) is 6.92 Å². The molecular formula is C12H14N4. The van der Waals surface area contributed by atoms with Gasteiger partial charge in [-0.15, -0.1) is 0 Å². The van der Waals surface area contributed by atoms with Gasteiger partial charge in [0.05, 0.1) is 5.69 Å². The smallest absolute Gasteiger partial charge is 0.125 e. The van der Waals surface area contributed by atoms with E-state index in [-0.39, 0.29) is 0 Å². The topological polar surface area (TPSA) is 54.5 Å². The van der Waals surface area contributed by atoms with Crippen molar-refractivity contribution in [2.24, 2.45) is 0 Å². The molecule has 0 saturated heterocycles. The number of H-pyrrole nitrogens is 1. The monoisotopic (exact) mass is 214 g/mol. The molecule has 0 bridgehead atoms. The number of aromatic nitrogens is 4. The van der Waals surface area contributed by atoms with Gasteiger partial charge in [0.15, 0.2) is 0 Å². The van der Waals surface area contributed by atoms with E-state index in [4.69, 9.17) is 0 Å². The van der Waals surface area contributed by atoms with Crippen LogP contribution in [-0.4, -0.2) is 20.2 Å². The average molecular weight is 214 g/mol. The van der Waals surface area contributed by atoms with Gasteiger partial charge in [0, 0.05) is 29.9 Å². The molecule has 0 aromatic carbocycles. The van der Waals surface area contributed by atoms with Crippen molar-refractivity contribution in [2.45, 2.75) is 32.1 Å². The largest absolute Gasteiger partial charge is 0.282 e. The molecule has 2 aromatic rings. The van der Waals surface area contributed by atoms with Crippen LogP contribution in [0.15, 0.2) is 18.3 Å². The second-order valence-electron chi connectivity index (χ2n) is 4.36. The Morgan fingerprint density at radius 1 is 1.44 bits per heavy atom. The summed E-state index contributed by atoms with van der Waals surface area (Å²) in [7, 11) is 0. The minimum Gasteiger partial charge on any atom is -0.282 e. The summed E-state index contributed by atoms with van der Waals surface area (Å²) in [6, 6.07) is 4.11. The molecule has 0 atom stereocenters. The fraction of sp³-hybridized carbons (Fsp3) is 0.417. The lowest BCUT2D eigenvalue weighted by Crippen LogP contribution is -1.95. The van der Waals surface area contributed by atoms with Gasteiger partial charge in [-0.1, -0.05) is 0 Å². The van der Waals surface area contributed by atoms with Crippen LogP contribution in [0.1, 0.15) is 41.7 Å². The Kier molecular flexibility index (Phi) is 2.20. The fourth-order valence-corrected chi connectivity index (χ4v) is 1.86. The van der Waals surface area contributed by atoms with E-state index in [9.17, 15) is 0 Å². The molecule has 4 heteroatoms. The van der Waals surface area contributed by atoms with E-state index >= 15 is 0 Å². The van der Waals surface area contributed by atoms with E-state index < -0.39 is 0 Å². The number of aryl methyl sites for hydroxylation is 1. The van der Waals surface area contributed by atoms with Crippen LogP contribution in [0.25, 0.3) is 0 Å². The van der Waals surface area contributed by atoms with Crippen molar-refractivity contribution >= 4 is 0 Å². The molecule has 82 valence electrons. The van der Waals surface area contributed by atoms with E-state index in [2.05, 4.69) is 26.2 Å². The van der Waals surface area contributed by atoms with E-state index in [1.165, 1.54) is 18.5 Å². The predicted octanol–water partition coefficient (Wildman–Crippen LogP) is 1.98. The number of hydrogen-bond acceptors (Lipinski definition) is 3. The van der Waals surface area contributed by atoms with Gasteiger partial charge in [-0.2, -0.15) is 5.10 Å². The maximum absolute atomic E-state index is 4.38. The van der Waals surface area contributed by atoms with Gasteiger partial charge in [0.25, 0.3) is 0 Å². The highest BCUT2D eigenvalue weighted by molar-refractivity contribution is 5.21. The second kappa shape index (κ2) is 3.70. The number of nitrogens with one attached hydrogen (secondary N) is 1. The van der Waals surface area contributed by atoms with Crippen LogP contribution < -0.4 is 0 Å². The first kappa shape index (κ1) is 9.51. The van der Waals surface area contributed by atoms with Crippen LogP contribution in [0.4, 0.5) is 0 Å². The summed E-state index contributed by atoms with van der Waals surface area (Å²) < 4.78 is 0. The van der Waals surface area contributed by atoms with Crippen LogP contribution in [-0.2, 0) is 6.42 Å². The molecule has 1 aliphatic rings. The zero-order valence-electron chi connectivity index (χ0n) is 9.27. The third-order valence-electron chi connectivity index (χ3n) is 2.85. The van der Waals surface area contributed by atoms with Crippen molar-refractivity contribution in [1.29, 1.82) is 0 Å². The Balaban J connectivity index is 1.77. The third-order valence-corrected chi connectivity index (χ3v) is 2.85. The summed E-state index contributed by atoms with van der Waals surface area (Å²) in [5, 5.41) is 7.41. The van der Waals surface area contributed by atoms with Gasteiger partial charge in [-0.3, -0.25) is 5.10 Å². The van der Waals surface area contributed by atoms with Crippen molar-refractivity contribution in [1.82, 2.24) is 20.2 Å². The first-order valence-electron chi connectivity index (χ1n) is 5.64. The molecule has 1 aliphatic carbocycles. The normalized spacial score (nSPS) is 15.3. The Morgan fingerprint density at radius 2 is 2.31 bits per heavy atom. The maximum Gasteiger partial charge on any atom is 0.125 e. The maximum atomic E-state index is 4.38. The first-order chi connectivity index (χ1) is 7.81. The Labute approximate surface area is 94.1 Å². The highest BCUT2D eigenvalue weighted by Crippen LogP contribution is 2.39. The van der Waals surface area contributed by atoms with Crippen LogP contribution in [0.5, 0.6) is 0 Å². The van der Waals surface area contributed by atoms with Gasteiger partial charge in [-0.25, -0.2) is 9.97 Å². The van der Waals surface area contributed by atoms with E-state index in [1.807, 2.05) is 13.0 Å². The van der Waals surface area contributed by atoms with E-state index in [0.29, 0.717) is 5.92 Å². The van der Waals surface area contributed by atoms with Crippen molar-refractivity contribution in [2.75, 3.05) is 0 Å². The van der Waals surface area contributed by atoms with Gasteiger partial charge in [0.1, 0.15) is 5.82 Å². The highest BCUT2D eigenvalue weighted by Gasteiger charge is 2.25. The van der Waals surface area contributed by atoms with E-state index in [0.717, 1.165) is 23.6 Å². The minimum atomic E-state index is 0.706. The van der Waals surface area contributed by atoms with Gasteiger partial charge in [0.2, 0.25) is 0 Å². The minimum absolute atomic E-state index is 0.706. The standard InChI is InChI=1S/C12H14N4/c1-8-13-5-4-10(14-8)6-11-7-12(16-15-11)9-2-3-9/h4-5,7,9H,2-3,6H2,1H3,(H,15,16). The SMILES string of the molecule is Cc1nccc(Cc2cc(C3CC3)n[nH]2)n1. The molecule has 1 saturated carbocycles. The van der Waals surface area contributed by atoms with Gasteiger partial charge in [-0.05, 0) is 31.9 Å². The molecule has 16 heavy (non-hydrogen) atoms. The molecule has 0 spiro atoms.